The quantitative estimate of drug-likeness (QED) is 0.597. The summed E-state index contributed by atoms with van der Waals surface area (Å²) in [5.41, 5.74) is 0. The van der Waals surface area contributed by atoms with E-state index >= 15 is 0 Å². The van der Waals surface area contributed by atoms with Gasteiger partial charge in [-0.15, -0.1) is 0 Å². The van der Waals surface area contributed by atoms with Gasteiger partial charge in [-0.05, 0) is 18.6 Å². The molecule has 0 fully saturated rings. The average molecular weight is 160 g/mol. The van der Waals surface area contributed by atoms with E-state index in [-0.39, 0.29) is 6.61 Å². The molecule has 1 rings (SSSR count). The van der Waals surface area contributed by atoms with E-state index in [2.05, 4.69) is 15.5 Å². The monoisotopic (exact) mass is 160 g/mol. The van der Waals surface area contributed by atoms with Gasteiger partial charge in [0.05, 0.1) is 0 Å². The molecule has 0 radical (unpaired) electrons. The van der Waals surface area contributed by atoms with Gasteiger partial charge in [-0.1, -0.05) is 10.3 Å². The lowest BCUT2D eigenvalue weighted by atomic mass is 10.5. The summed E-state index contributed by atoms with van der Waals surface area (Å²) in [6.07, 6.45) is 0.665. The van der Waals surface area contributed by atoms with Crippen LogP contribution in [0.25, 0.3) is 0 Å². The first-order valence-corrected chi connectivity index (χ1v) is 3.34. The zero-order chi connectivity index (χ0) is 7.40. The van der Waals surface area contributed by atoms with Gasteiger partial charge in [-0.2, -0.15) is 5.21 Å². The molecule has 0 spiro atoms. The lowest BCUT2D eigenvalue weighted by molar-refractivity contribution is 0.276. The van der Waals surface area contributed by atoms with Gasteiger partial charge in [0.2, 0.25) is 4.77 Å². The first-order valence-electron chi connectivity index (χ1n) is 2.93. The van der Waals surface area contributed by atoms with Crippen LogP contribution in [0.4, 0.5) is 0 Å². The topological polar surface area (TPSA) is 66.7 Å². The number of aliphatic hydroxyl groups excluding tert-OH is 1. The largest absolute Gasteiger partial charge is 0.396 e. The van der Waals surface area contributed by atoms with Crippen molar-refractivity contribution in [1.82, 2.24) is 20.2 Å². The smallest absolute Gasteiger partial charge is 0.238 e. The molecule has 0 amide bonds. The fourth-order valence-corrected chi connectivity index (χ4v) is 0.763. The van der Waals surface area contributed by atoms with E-state index in [1.807, 2.05) is 0 Å². The minimum absolute atomic E-state index is 0.154. The molecule has 0 bridgehead atoms. The van der Waals surface area contributed by atoms with Gasteiger partial charge in [-0.25, -0.2) is 4.68 Å². The zero-order valence-electron chi connectivity index (χ0n) is 5.32. The first-order chi connectivity index (χ1) is 4.84. The number of H-pyrrole nitrogens is 1. The van der Waals surface area contributed by atoms with Crippen molar-refractivity contribution >= 4 is 12.2 Å². The standard InChI is InChI=1S/C4H8N4OS/c9-3-1-2-8-4(10)5-6-7-8/h9H,1-3H2,(H,5,7,10). The molecule has 0 aliphatic carbocycles. The van der Waals surface area contributed by atoms with Gasteiger partial charge < -0.3 is 5.11 Å². The summed E-state index contributed by atoms with van der Waals surface area (Å²) in [7, 11) is 0. The minimum Gasteiger partial charge on any atom is -0.396 e. The maximum Gasteiger partial charge on any atom is 0.238 e. The highest BCUT2D eigenvalue weighted by Gasteiger charge is 1.92. The molecule has 0 aliphatic rings. The number of aromatic amines is 1. The van der Waals surface area contributed by atoms with Crippen molar-refractivity contribution in [3.8, 4) is 0 Å². The van der Waals surface area contributed by atoms with Gasteiger partial charge in [0, 0.05) is 13.2 Å². The predicted molar refractivity (Wildman–Crippen MR) is 36.9 cm³/mol. The molecule has 6 heteroatoms. The number of aromatic nitrogens is 4. The Bertz CT molecular complexity index is 241. The molecule has 0 aromatic carbocycles. The first kappa shape index (κ1) is 7.36. The third-order valence-corrected chi connectivity index (χ3v) is 1.37. The lowest BCUT2D eigenvalue weighted by Gasteiger charge is -1.95. The molecule has 0 aliphatic heterocycles. The summed E-state index contributed by atoms with van der Waals surface area (Å²) in [4.78, 5) is 0. The van der Waals surface area contributed by atoms with Crippen molar-refractivity contribution in [3.63, 3.8) is 0 Å². The number of hydrogen-bond acceptors (Lipinski definition) is 4. The van der Waals surface area contributed by atoms with E-state index in [1.54, 1.807) is 4.68 Å². The SMILES string of the molecule is OCCCn1[nH]nnc1=S. The van der Waals surface area contributed by atoms with Crippen LogP contribution in [0, 0.1) is 4.77 Å². The van der Waals surface area contributed by atoms with Gasteiger partial charge >= 0.3 is 0 Å². The molecule has 1 heterocycles. The average Bonchev–Trinajstić information content (AvgIpc) is 2.31. The van der Waals surface area contributed by atoms with Crippen LogP contribution in [0.1, 0.15) is 6.42 Å². The number of rotatable bonds is 3. The van der Waals surface area contributed by atoms with Gasteiger partial charge in [0.25, 0.3) is 0 Å². The van der Waals surface area contributed by atoms with Crippen molar-refractivity contribution in [2.45, 2.75) is 13.0 Å². The Morgan fingerprint density at radius 1 is 1.70 bits per heavy atom. The van der Waals surface area contributed by atoms with Gasteiger partial charge in [-0.3, -0.25) is 0 Å². The fourth-order valence-electron chi connectivity index (χ4n) is 0.590. The molecule has 5 nitrogen and oxygen atoms in total. The number of nitrogens with zero attached hydrogens (tertiary/aromatic N) is 3. The Morgan fingerprint density at radius 2 is 2.50 bits per heavy atom. The van der Waals surface area contributed by atoms with E-state index in [4.69, 9.17) is 17.3 Å². The van der Waals surface area contributed by atoms with Crippen molar-refractivity contribution in [1.29, 1.82) is 0 Å². The minimum atomic E-state index is 0.154. The van der Waals surface area contributed by atoms with Crippen LogP contribution < -0.4 is 0 Å². The molecule has 2 N–H and O–H groups in total. The van der Waals surface area contributed by atoms with E-state index < -0.39 is 0 Å². The van der Waals surface area contributed by atoms with Crippen molar-refractivity contribution in [2.75, 3.05) is 6.61 Å². The molecule has 0 saturated carbocycles. The second kappa shape index (κ2) is 3.43. The number of hydrogen-bond donors (Lipinski definition) is 2. The molecule has 10 heavy (non-hydrogen) atoms. The molecular weight excluding hydrogens is 152 g/mol. The van der Waals surface area contributed by atoms with Gasteiger partial charge in [0.15, 0.2) is 0 Å². The highest BCUT2D eigenvalue weighted by atomic mass is 32.1. The summed E-state index contributed by atoms with van der Waals surface area (Å²) in [6.45, 7) is 0.795. The van der Waals surface area contributed by atoms with Crippen molar-refractivity contribution in [3.05, 3.63) is 4.77 Å². The van der Waals surface area contributed by atoms with Crippen molar-refractivity contribution < 1.29 is 5.11 Å². The number of aliphatic hydroxyl groups is 1. The van der Waals surface area contributed by atoms with Crippen LogP contribution in [0.2, 0.25) is 0 Å². The Balaban J connectivity index is 2.57. The maximum absolute atomic E-state index is 8.45. The molecule has 1 aromatic heterocycles. The van der Waals surface area contributed by atoms with Crippen LogP contribution in [0.5, 0.6) is 0 Å². The lowest BCUT2D eigenvalue weighted by Crippen LogP contribution is -2.02. The Labute approximate surface area is 62.7 Å². The number of nitrogens with one attached hydrogen (secondary N) is 1. The second-order valence-electron chi connectivity index (χ2n) is 1.81. The van der Waals surface area contributed by atoms with E-state index in [0.717, 1.165) is 0 Å². The number of aryl methyl sites for hydroxylation is 1. The molecule has 1 aromatic rings. The molecule has 0 unspecified atom stereocenters. The summed E-state index contributed by atoms with van der Waals surface area (Å²) in [5.74, 6) is 0. The zero-order valence-corrected chi connectivity index (χ0v) is 6.13. The van der Waals surface area contributed by atoms with Crippen molar-refractivity contribution in [2.24, 2.45) is 0 Å². The molecule has 56 valence electrons. The predicted octanol–water partition coefficient (Wildman–Crippen LogP) is -0.282. The summed E-state index contributed by atoms with van der Waals surface area (Å²) in [5, 5.41) is 18.1. The van der Waals surface area contributed by atoms with Gasteiger partial charge in [0.1, 0.15) is 0 Å². The second-order valence-corrected chi connectivity index (χ2v) is 2.18. The molecular formula is C4H8N4OS. The summed E-state index contributed by atoms with van der Waals surface area (Å²) < 4.78 is 2.03. The highest BCUT2D eigenvalue weighted by Crippen LogP contribution is 1.86. The molecule has 0 atom stereocenters. The van der Waals surface area contributed by atoms with Crippen LogP contribution in [0.3, 0.4) is 0 Å². The molecule has 0 saturated heterocycles. The van der Waals surface area contributed by atoms with E-state index in [9.17, 15) is 0 Å². The van der Waals surface area contributed by atoms with E-state index in [1.165, 1.54) is 0 Å². The fraction of sp³-hybridized carbons (Fsp3) is 0.750. The normalized spacial score (nSPS) is 10.1. The van der Waals surface area contributed by atoms with Crippen LogP contribution in [0.15, 0.2) is 0 Å². The third-order valence-electron chi connectivity index (χ3n) is 1.07. The Kier molecular flexibility index (Phi) is 2.52. The van der Waals surface area contributed by atoms with E-state index in [0.29, 0.717) is 17.7 Å². The number of tetrazole rings is 1. The van der Waals surface area contributed by atoms with Crippen LogP contribution in [-0.2, 0) is 6.54 Å². The van der Waals surface area contributed by atoms with Crippen LogP contribution in [-0.4, -0.2) is 31.9 Å². The Morgan fingerprint density at radius 3 is 3.00 bits per heavy atom. The van der Waals surface area contributed by atoms with Crippen LogP contribution >= 0.6 is 12.2 Å². The summed E-state index contributed by atoms with van der Waals surface area (Å²) >= 11 is 4.78. The Hall–Kier alpha value is -0.750. The highest BCUT2D eigenvalue weighted by molar-refractivity contribution is 7.71. The summed E-state index contributed by atoms with van der Waals surface area (Å²) in [6, 6.07) is 0. The third kappa shape index (κ3) is 1.61. The maximum atomic E-state index is 8.45.